The van der Waals surface area contributed by atoms with Gasteiger partial charge in [-0.25, -0.2) is 9.59 Å². The molecule has 0 spiro atoms. The van der Waals surface area contributed by atoms with Gasteiger partial charge in [0, 0.05) is 17.5 Å². The Hall–Kier alpha value is -2.87. The van der Waals surface area contributed by atoms with Crippen LogP contribution in [0.5, 0.6) is 5.75 Å². The molecule has 0 unspecified atom stereocenters. The molecule has 2 aromatic rings. The number of hydrogen-bond acceptors (Lipinski definition) is 6. The lowest BCUT2D eigenvalue weighted by Crippen LogP contribution is -2.41. The quantitative estimate of drug-likeness (QED) is 0.448. The van der Waals surface area contributed by atoms with Crippen molar-refractivity contribution in [3.05, 3.63) is 40.2 Å². The number of unbranched alkanes of at least 4 members (excludes halogenated alkanes) is 1. The standard InChI is InChI=1S/C18H22N2O6/c1-25-12-5-6-13-11(9-17(22)26-15(13)10-12)8-16(21)20-14(18(23)24)4-2-3-7-19/h5-6,9-10,14H,2-4,7-8,19H2,1H3,(H,20,21)(H,23,24)/t14-/m0/s1. The molecule has 8 nitrogen and oxygen atoms in total. The SMILES string of the molecule is COc1ccc2c(CC(=O)N[C@@H](CCCCN)C(=O)O)cc(=O)oc2c1. The third-order valence-electron chi connectivity index (χ3n) is 3.97. The molecule has 1 aromatic heterocycles. The number of ether oxygens (including phenoxy) is 1. The van der Waals surface area contributed by atoms with Gasteiger partial charge < -0.3 is 25.3 Å². The number of carboxylic acid groups (broad SMARTS) is 1. The van der Waals surface area contributed by atoms with Crippen molar-refractivity contribution in [1.82, 2.24) is 5.32 Å². The van der Waals surface area contributed by atoms with Gasteiger partial charge in [-0.1, -0.05) is 0 Å². The summed E-state index contributed by atoms with van der Waals surface area (Å²) in [5.41, 5.74) is 5.57. The molecule has 140 valence electrons. The minimum Gasteiger partial charge on any atom is -0.497 e. The van der Waals surface area contributed by atoms with Gasteiger partial charge in [0.2, 0.25) is 5.91 Å². The van der Waals surface area contributed by atoms with E-state index in [1.807, 2.05) is 0 Å². The smallest absolute Gasteiger partial charge is 0.336 e. The maximum absolute atomic E-state index is 12.3. The van der Waals surface area contributed by atoms with E-state index in [1.54, 1.807) is 18.2 Å². The molecule has 0 bridgehead atoms. The highest BCUT2D eigenvalue weighted by Crippen LogP contribution is 2.22. The van der Waals surface area contributed by atoms with Crippen LogP contribution in [0.3, 0.4) is 0 Å². The number of nitrogens with two attached hydrogens (primary N) is 1. The molecule has 0 radical (unpaired) electrons. The molecule has 0 aliphatic rings. The van der Waals surface area contributed by atoms with Crippen LogP contribution in [0.15, 0.2) is 33.5 Å². The normalized spacial score (nSPS) is 11.9. The largest absolute Gasteiger partial charge is 0.497 e. The van der Waals surface area contributed by atoms with Crippen molar-refractivity contribution in [1.29, 1.82) is 0 Å². The maximum Gasteiger partial charge on any atom is 0.336 e. The molecule has 0 saturated heterocycles. The van der Waals surface area contributed by atoms with E-state index in [9.17, 15) is 19.5 Å². The molecule has 0 aliphatic carbocycles. The van der Waals surface area contributed by atoms with Gasteiger partial charge in [-0.15, -0.1) is 0 Å². The van der Waals surface area contributed by atoms with E-state index in [0.29, 0.717) is 48.1 Å². The predicted octanol–water partition coefficient (Wildman–Crippen LogP) is 1.04. The summed E-state index contributed by atoms with van der Waals surface area (Å²) < 4.78 is 10.2. The van der Waals surface area contributed by atoms with Crippen LogP contribution in [0.1, 0.15) is 24.8 Å². The summed E-state index contributed by atoms with van der Waals surface area (Å²) in [5, 5.41) is 12.3. The fourth-order valence-corrected chi connectivity index (χ4v) is 2.65. The Kier molecular flexibility index (Phi) is 6.74. The third kappa shape index (κ3) is 5.06. The van der Waals surface area contributed by atoms with Crippen LogP contribution in [0.2, 0.25) is 0 Å². The molecule has 8 heteroatoms. The maximum atomic E-state index is 12.3. The van der Waals surface area contributed by atoms with Crippen LogP contribution >= 0.6 is 0 Å². The summed E-state index contributed by atoms with van der Waals surface area (Å²) in [6, 6.07) is 5.19. The molecule has 26 heavy (non-hydrogen) atoms. The molecular formula is C18H22N2O6. The van der Waals surface area contributed by atoms with Gasteiger partial charge in [0.05, 0.1) is 13.5 Å². The summed E-state index contributed by atoms with van der Waals surface area (Å²) in [4.78, 5) is 35.3. The van der Waals surface area contributed by atoms with Crippen molar-refractivity contribution in [3.63, 3.8) is 0 Å². The first kappa shape index (κ1) is 19.5. The number of hydrogen-bond donors (Lipinski definition) is 3. The van der Waals surface area contributed by atoms with Crippen molar-refractivity contribution >= 4 is 22.8 Å². The molecule has 2 rings (SSSR count). The Morgan fingerprint density at radius 2 is 2.08 bits per heavy atom. The van der Waals surface area contributed by atoms with Crippen LogP contribution in [0.4, 0.5) is 0 Å². The van der Waals surface area contributed by atoms with E-state index in [-0.39, 0.29) is 6.42 Å². The van der Waals surface area contributed by atoms with Gasteiger partial charge in [-0.05, 0) is 43.5 Å². The molecule has 1 amide bonds. The van der Waals surface area contributed by atoms with Crippen LogP contribution < -0.4 is 21.4 Å². The second kappa shape index (κ2) is 9.00. The average Bonchev–Trinajstić information content (AvgIpc) is 2.60. The zero-order valence-electron chi connectivity index (χ0n) is 14.5. The Morgan fingerprint density at radius 3 is 2.73 bits per heavy atom. The van der Waals surface area contributed by atoms with Gasteiger partial charge in [-0.3, -0.25) is 4.79 Å². The van der Waals surface area contributed by atoms with E-state index in [4.69, 9.17) is 14.9 Å². The summed E-state index contributed by atoms with van der Waals surface area (Å²) >= 11 is 0. The first-order valence-corrected chi connectivity index (χ1v) is 8.27. The minimum absolute atomic E-state index is 0.130. The van der Waals surface area contributed by atoms with Crippen LogP contribution in [0.25, 0.3) is 11.0 Å². The third-order valence-corrected chi connectivity index (χ3v) is 3.97. The number of carbonyl (C=O) groups is 2. The van der Waals surface area contributed by atoms with Gasteiger partial charge in [0.25, 0.3) is 0 Å². The van der Waals surface area contributed by atoms with E-state index in [1.165, 1.54) is 13.2 Å². The Morgan fingerprint density at radius 1 is 1.31 bits per heavy atom. The van der Waals surface area contributed by atoms with Crippen molar-refractivity contribution < 1.29 is 23.8 Å². The Bertz CT molecular complexity index is 845. The Balaban J connectivity index is 2.17. The van der Waals surface area contributed by atoms with Gasteiger partial charge in [0.1, 0.15) is 17.4 Å². The number of carbonyl (C=O) groups excluding carboxylic acids is 1. The van der Waals surface area contributed by atoms with Gasteiger partial charge in [0.15, 0.2) is 0 Å². The highest BCUT2D eigenvalue weighted by molar-refractivity contribution is 5.89. The topological polar surface area (TPSA) is 132 Å². The molecule has 4 N–H and O–H groups in total. The summed E-state index contributed by atoms with van der Waals surface area (Å²) in [6.07, 6.45) is 1.46. The summed E-state index contributed by atoms with van der Waals surface area (Å²) in [6.45, 7) is 0.468. The van der Waals surface area contributed by atoms with E-state index >= 15 is 0 Å². The summed E-state index contributed by atoms with van der Waals surface area (Å²) in [7, 11) is 1.49. The number of fused-ring (bicyclic) bond motifs is 1. The van der Waals surface area contributed by atoms with Crippen molar-refractivity contribution in [3.8, 4) is 5.75 Å². The van der Waals surface area contributed by atoms with E-state index in [0.717, 1.165) is 0 Å². The number of benzene rings is 1. The molecule has 1 atom stereocenters. The van der Waals surface area contributed by atoms with Crippen molar-refractivity contribution in [2.75, 3.05) is 13.7 Å². The molecule has 0 fully saturated rings. The van der Waals surface area contributed by atoms with E-state index < -0.39 is 23.5 Å². The Labute approximate surface area is 149 Å². The van der Waals surface area contributed by atoms with Crippen molar-refractivity contribution in [2.24, 2.45) is 5.73 Å². The number of aliphatic carboxylic acids is 1. The number of amides is 1. The zero-order chi connectivity index (χ0) is 19.1. The molecule has 1 heterocycles. The molecule has 1 aromatic carbocycles. The number of carboxylic acids is 1. The lowest BCUT2D eigenvalue weighted by atomic mass is 10.1. The van der Waals surface area contributed by atoms with Gasteiger partial charge in [-0.2, -0.15) is 0 Å². The van der Waals surface area contributed by atoms with Crippen LogP contribution in [0, 0.1) is 0 Å². The van der Waals surface area contributed by atoms with Crippen LogP contribution in [-0.2, 0) is 16.0 Å². The first-order chi connectivity index (χ1) is 12.4. The monoisotopic (exact) mass is 362 g/mol. The second-order valence-electron chi connectivity index (χ2n) is 5.87. The number of methoxy groups -OCH3 is 1. The molecule has 0 aliphatic heterocycles. The highest BCUT2D eigenvalue weighted by Gasteiger charge is 2.20. The first-order valence-electron chi connectivity index (χ1n) is 8.27. The molecular weight excluding hydrogens is 340 g/mol. The van der Waals surface area contributed by atoms with E-state index in [2.05, 4.69) is 5.32 Å². The zero-order valence-corrected chi connectivity index (χ0v) is 14.5. The van der Waals surface area contributed by atoms with Crippen LogP contribution in [-0.4, -0.2) is 36.7 Å². The lowest BCUT2D eigenvalue weighted by molar-refractivity contribution is -0.142. The highest BCUT2D eigenvalue weighted by atomic mass is 16.5. The van der Waals surface area contributed by atoms with Gasteiger partial charge >= 0.3 is 11.6 Å². The second-order valence-corrected chi connectivity index (χ2v) is 5.87. The fourth-order valence-electron chi connectivity index (χ4n) is 2.65. The lowest BCUT2D eigenvalue weighted by Gasteiger charge is -2.14. The van der Waals surface area contributed by atoms with Crippen molar-refractivity contribution in [2.45, 2.75) is 31.7 Å². The predicted molar refractivity (Wildman–Crippen MR) is 95.2 cm³/mol. The number of rotatable bonds is 9. The molecule has 0 saturated carbocycles. The average molecular weight is 362 g/mol. The number of nitrogens with one attached hydrogen (secondary N) is 1. The summed E-state index contributed by atoms with van der Waals surface area (Å²) in [5.74, 6) is -1.06. The minimum atomic E-state index is -1.10. The fraction of sp³-hybridized carbons (Fsp3) is 0.389.